The van der Waals surface area contributed by atoms with Gasteiger partial charge < -0.3 is 30.5 Å². The molecule has 0 unspecified atom stereocenters. The number of oxime groups is 1. The zero-order valence-electron chi connectivity index (χ0n) is 18.2. The van der Waals surface area contributed by atoms with Gasteiger partial charge in [-0.1, -0.05) is 5.16 Å². The topological polar surface area (TPSA) is 176 Å². The van der Waals surface area contributed by atoms with Crippen molar-refractivity contribution in [2.75, 3.05) is 18.6 Å². The summed E-state index contributed by atoms with van der Waals surface area (Å²) in [7, 11) is 1.25. The second-order valence-corrected chi connectivity index (χ2v) is 8.97. The Kier molecular flexibility index (Phi) is 7.88. The van der Waals surface area contributed by atoms with Gasteiger partial charge in [-0.2, -0.15) is 0 Å². The maximum Gasteiger partial charge on any atom is 1.00 e. The number of rotatable bonds is 6. The number of carbonyl (C=O) groups is 4. The summed E-state index contributed by atoms with van der Waals surface area (Å²) >= 11 is 2.34. The number of carboxylic acid groups (broad SMARTS) is 1. The van der Waals surface area contributed by atoms with Crippen LogP contribution in [0.3, 0.4) is 0 Å². The number of thiazole rings is 1. The molecule has 1 fully saturated rings. The van der Waals surface area contributed by atoms with Gasteiger partial charge in [0.1, 0.15) is 30.0 Å². The predicted octanol–water partition coefficient (Wildman–Crippen LogP) is -4.13. The standard InChI is InChI=1S/C19H17N5O7S2.Na/c1-7-3-9(31-18(7)29)4-8-5-32-16-12(15(26)24(16)13(8)17(27)28)22-14(25)11(23-30-2)10-6-33-19(20)21-10;/h3-4,6,12,16H,5H2,1-2H3,(H2,20,21)(H,22,25)(H,27,28);/q;+1/p-1/b9-4+,23-11-;/t12-,16-;/m1./s1. The molecule has 3 N–H and O–H groups in total. The fourth-order valence-corrected chi connectivity index (χ4v) is 5.23. The Hall–Kier alpha value is -2.65. The van der Waals surface area contributed by atoms with Gasteiger partial charge in [0.2, 0.25) is 0 Å². The van der Waals surface area contributed by atoms with Crippen LogP contribution in [0.5, 0.6) is 0 Å². The third-order valence-corrected chi connectivity index (χ3v) is 6.82. The molecule has 1 aromatic rings. The molecule has 34 heavy (non-hydrogen) atoms. The number of nitrogen functional groups attached to an aromatic ring is 1. The summed E-state index contributed by atoms with van der Waals surface area (Å²) in [5, 5.41) is 19.1. The van der Waals surface area contributed by atoms with Crippen LogP contribution in [-0.4, -0.2) is 63.6 Å². The number of cyclic esters (lactones) is 1. The molecule has 1 saturated heterocycles. The third-order valence-electron chi connectivity index (χ3n) is 4.85. The molecule has 0 radical (unpaired) electrons. The fraction of sp³-hybridized carbons (Fsp3) is 0.263. The van der Waals surface area contributed by atoms with Crippen molar-refractivity contribution in [2.45, 2.75) is 18.3 Å². The SMILES string of the molecule is CO/N=C(\C(=O)N[C@@H]1C(=O)N2C(C(=O)[O-])=C(/C=C3\C=C(C)C(=O)O3)CS[C@H]12)c1csc(N)n1.[Na+]. The van der Waals surface area contributed by atoms with Gasteiger partial charge in [0.25, 0.3) is 11.8 Å². The van der Waals surface area contributed by atoms with Crippen LogP contribution < -0.4 is 45.7 Å². The Morgan fingerprint density at radius 1 is 1.44 bits per heavy atom. The molecule has 2 atom stereocenters. The van der Waals surface area contributed by atoms with E-state index in [0.29, 0.717) is 5.57 Å². The number of amides is 2. The number of allylic oxidation sites excluding steroid dienone is 2. The minimum absolute atomic E-state index is 0. The molecule has 0 aromatic carbocycles. The number of carboxylic acids is 1. The van der Waals surface area contributed by atoms with Crippen LogP contribution in [0.25, 0.3) is 0 Å². The van der Waals surface area contributed by atoms with Crippen LogP contribution in [0.1, 0.15) is 12.6 Å². The van der Waals surface area contributed by atoms with Crippen molar-refractivity contribution in [3.8, 4) is 0 Å². The van der Waals surface area contributed by atoms with Gasteiger partial charge >= 0.3 is 35.5 Å². The Bertz CT molecular complexity index is 1210. The first-order chi connectivity index (χ1) is 15.7. The van der Waals surface area contributed by atoms with Crippen LogP contribution >= 0.6 is 23.1 Å². The number of carbonyl (C=O) groups excluding carboxylic acids is 4. The fourth-order valence-electron chi connectivity index (χ4n) is 3.38. The third kappa shape index (κ3) is 4.77. The Balaban J connectivity index is 0.00000324. The Labute approximate surface area is 223 Å². The van der Waals surface area contributed by atoms with Crippen molar-refractivity contribution in [1.82, 2.24) is 15.2 Å². The van der Waals surface area contributed by atoms with Crippen molar-refractivity contribution in [3.63, 3.8) is 0 Å². The Morgan fingerprint density at radius 2 is 2.18 bits per heavy atom. The van der Waals surface area contributed by atoms with E-state index in [9.17, 15) is 24.3 Å². The number of thioether (sulfide) groups is 1. The second kappa shape index (κ2) is 10.3. The summed E-state index contributed by atoms with van der Waals surface area (Å²) in [6, 6.07) is -1.00. The molecule has 3 aliphatic rings. The van der Waals surface area contributed by atoms with E-state index in [1.54, 1.807) is 6.92 Å². The van der Waals surface area contributed by atoms with Crippen molar-refractivity contribution in [3.05, 3.63) is 45.8 Å². The molecule has 1 aromatic heterocycles. The van der Waals surface area contributed by atoms with Gasteiger partial charge in [0.05, 0.1) is 11.7 Å². The molecule has 0 spiro atoms. The maximum absolute atomic E-state index is 12.8. The summed E-state index contributed by atoms with van der Waals surface area (Å²) in [5.74, 6) is -3.11. The van der Waals surface area contributed by atoms with Gasteiger partial charge in [0.15, 0.2) is 10.8 Å². The smallest absolute Gasteiger partial charge is 0.543 e. The normalized spacial score (nSPS) is 23.0. The number of nitrogens with zero attached hydrogens (tertiary/aromatic N) is 3. The van der Waals surface area contributed by atoms with E-state index in [0.717, 1.165) is 16.2 Å². The quantitative estimate of drug-likeness (QED) is 0.125. The number of aliphatic carboxylic acids is 1. The monoisotopic (exact) mass is 513 g/mol. The summed E-state index contributed by atoms with van der Waals surface area (Å²) < 4.78 is 5.05. The number of hydrogen-bond acceptors (Lipinski definition) is 12. The first-order valence-corrected chi connectivity index (χ1v) is 11.3. The van der Waals surface area contributed by atoms with E-state index in [2.05, 4.69) is 15.5 Å². The molecule has 15 heteroatoms. The van der Waals surface area contributed by atoms with E-state index in [4.69, 9.17) is 15.3 Å². The number of esters is 1. The van der Waals surface area contributed by atoms with Crippen molar-refractivity contribution < 1.29 is 63.4 Å². The van der Waals surface area contributed by atoms with Crippen LogP contribution in [0.2, 0.25) is 0 Å². The van der Waals surface area contributed by atoms with Gasteiger partial charge in [0, 0.05) is 16.7 Å². The summed E-state index contributed by atoms with van der Waals surface area (Å²) in [6.07, 6.45) is 2.86. The van der Waals surface area contributed by atoms with Crippen LogP contribution in [0.4, 0.5) is 5.13 Å². The number of nitrogens with two attached hydrogens (primary N) is 1. The number of hydrogen-bond donors (Lipinski definition) is 2. The molecule has 0 aliphatic carbocycles. The van der Waals surface area contributed by atoms with Crippen molar-refractivity contribution in [1.29, 1.82) is 0 Å². The zero-order chi connectivity index (χ0) is 23.9. The van der Waals surface area contributed by atoms with Crippen LogP contribution in [-0.2, 0) is 28.8 Å². The number of nitrogens with one attached hydrogen (secondary N) is 1. The average molecular weight is 513 g/mol. The van der Waals surface area contributed by atoms with Gasteiger partial charge in [-0.15, -0.1) is 23.1 Å². The minimum Gasteiger partial charge on any atom is -0.543 e. The molecule has 12 nitrogen and oxygen atoms in total. The minimum atomic E-state index is -1.56. The van der Waals surface area contributed by atoms with Crippen molar-refractivity contribution in [2.24, 2.45) is 5.16 Å². The summed E-state index contributed by atoms with van der Waals surface area (Å²) in [6.45, 7) is 1.57. The number of anilines is 1. The first kappa shape index (κ1) is 26.0. The zero-order valence-corrected chi connectivity index (χ0v) is 21.8. The second-order valence-electron chi connectivity index (χ2n) is 6.98. The predicted molar refractivity (Wildman–Crippen MR) is 115 cm³/mol. The molecule has 4 heterocycles. The van der Waals surface area contributed by atoms with E-state index < -0.39 is 35.2 Å². The maximum atomic E-state index is 12.8. The molecule has 0 bridgehead atoms. The number of fused-ring (bicyclic) bond motifs is 1. The molecule has 172 valence electrons. The number of β-lactam (4-membered cyclic amide) rings is 1. The average Bonchev–Trinajstić information content (AvgIpc) is 3.33. The molecule has 0 saturated carbocycles. The van der Waals surface area contributed by atoms with Gasteiger partial charge in [-0.05, 0) is 24.6 Å². The molecule has 4 rings (SSSR count). The summed E-state index contributed by atoms with van der Waals surface area (Å²) in [4.78, 5) is 58.7. The van der Waals surface area contributed by atoms with Crippen LogP contribution in [0.15, 0.2) is 45.3 Å². The molecular weight excluding hydrogens is 497 g/mol. The largest absolute Gasteiger partial charge is 1.00 e. The number of ether oxygens (including phenoxy) is 1. The Morgan fingerprint density at radius 3 is 2.74 bits per heavy atom. The molecule has 2 amide bonds. The first-order valence-electron chi connectivity index (χ1n) is 9.36. The van der Waals surface area contributed by atoms with Gasteiger partial charge in [-0.3, -0.25) is 14.5 Å². The van der Waals surface area contributed by atoms with E-state index in [-0.39, 0.29) is 68.9 Å². The molecule has 3 aliphatic heterocycles. The van der Waals surface area contributed by atoms with E-state index in [1.165, 1.54) is 36.4 Å². The van der Waals surface area contributed by atoms with Crippen molar-refractivity contribution >= 4 is 57.7 Å². The molecular formula is C19H16N5NaO7S2. The number of aromatic nitrogens is 1. The van der Waals surface area contributed by atoms with E-state index >= 15 is 0 Å². The van der Waals surface area contributed by atoms with Crippen LogP contribution in [0, 0.1) is 0 Å². The summed E-state index contributed by atoms with van der Waals surface area (Å²) in [5.41, 5.74) is 5.89. The van der Waals surface area contributed by atoms with Gasteiger partial charge in [-0.25, -0.2) is 9.78 Å². The van der Waals surface area contributed by atoms with E-state index in [1.807, 2.05) is 0 Å².